The first-order valence-electron chi connectivity index (χ1n) is 7.21. The zero-order valence-corrected chi connectivity index (χ0v) is 12.3. The Kier molecular flexibility index (Phi) is 4.99. The number of anilines is 1. The van der Waals surface area contributed by atoms with E-state index in [1.165, 1.54) is 18.2 Å². The fourth-order valence-corrected chi connectivity index (χ4v) is 2.73. The van der Waals surface area contributed by atoms with Crippen LogP contribution >= 0.6 is 0 Å². The first-order chi connectivity index (χ1) is 10.9. The topological polar surface area (TPSA) is 148 Å². The Bertz CT molecular complexity index is 626. The van der Waals surface area contributed by atoms with Gasteiger partial charge in [-0.2, -0.15) is 0 Å². The summed E-state index contributed by atoms with van der Waals surface area (Å²) in [7, 11) is 0. The Morgan fingerprint density at radius 1 is 1.17 bits per heavy atom. The van der Waals surface area contributed by atoms with Gasteiger partial charge in [-0.05, 0) is 31.7 Å². The average molecular weight is 322 g/mol. The molecular weight excluding hydrogens is 304 g/mol. The first-order valence-corrected chi connectivity index (χ1v) is 7.21. The van der Waals surface area contributed by atoms with Crippen molar-refractivity contribution < 1.29 is 19.6 Å². The maximum Gasteiger partial charge on any atom is 0.404 e. The van der Waals surface area contributed by atoms with Gasteiger partial charge in [0.1, 0.15) is 5.69 Å². The molecule has 124 valence electrons. The number of benzene rings is 1. The second-order valence-electron chi connectivity index (χ2n) is 5.47. The molecule has 1 fully saturated rings. The molecule has 0 spiro atoms. The lowest BCUT2D eigenvalue weighted by molar-refractivity contribution is -0.383. The SMILES string of the molecule is Nc1c(C(=O)NC2CCC(NC(=O)O)CC2)cccc1[N+](=O)[O-]. The average Bonchev–Trinajstić information content (AvgIpc) is 2.48. The molecule has 1 aromatic carbocycles. The highest BCUT2D eigenvalue weighted by atomic mass is 16.6. The number of nitrogens with two attached hydrogens (primary N) is 1. The number of nitro groups is 1. The maximum absolute atomic E-state index is 12.2. The van der Waals surface area contributed by atoms with E-state index in [9.17, 15) is 19.7 Å². The van der Waals surface area contributed by atoms with Crippen molar-refractivity contribution in [2.45, 2.75) is 37.8 Å². The molecule has 9 heteroatoms. The van der Waals surface area contributed by atoms with Gasteiger partial charge in [-0.25, -0.2) is 4.79 Å². The summed E-state index contributed by atoms with van der Waals surface area (Å²) < 4.78 is 0. The normalized spacial score (nSPS) is 20.5. The van der Waals surface area contributed by atoms with Gasteiger partial charge >= 0.3 is 6.09 Å². The predicted octanol–water partition coefficient (Wildman–Crippen LogP) is 1.49. The minimum atomic E-state index is -1.05. The lowest BCUT2D eigenvalue weighted by Crippen LogP contribution is -2.43. The fraction of sp³-hybridized carbons (Fsp3) is 0.429. The Morgan fingerprint density at radius 2 is 1.74 bits per heavy atom. The van der Waals surface area contributed by atoms with Crippen molar-refractivity contribution in [2.75, 3.05) is 5.73 Å². The molecule has 0 unspecified atom stereocenters. The third kappa shape index (κ3) is 4.09. The van der Waals surface area contributed by atoms with Gasteiger partial charge in [0.2, 0.25) is 0 Å². The molecule has 23 heavy (non-hydrogen) atoms. The first kappa shape index (κ1) is 16.5. The molecule has 5 N–H and O–H groups in total. The molecule has 0 heterocycles. The summed E-state index contributed by atoms with van der Waals surface area (Å²) in [5, 5.41) is 24.8. The van der Waals surface area contributed by atoms with Crippen LogP contribution in [0, 0.1) is 10.1 Å². The van der Waals surface area contributed by atoms with Crippen molar-refractivity contribution in [1.29, 1.82) is 0 Å². The molecule has 2 amide bonds. The highest BCUT2D eigenvalue weighted by molar-refractivity contribution is 6.01. The van der Waals surface area contributed by atoms with Crippen LogP contribution in [0.25, 0.3) is 0 Å². The van der Waals surface area contributed by atoms with Gasteiger partial charge in [-0.15, -0.1) is 0 Å². The lowest BCUT2D eigenvalue weighted by Gasteiger charge is -2.29. The highest BCUT2D eigenvalue weighted by Gasteiger charge is 2.25. The molecule has 0 atom stereocenters. The van der Waals surface area contributed by atoms with E-state index in [0.29, 0.717) is 25.7 Å². The van der Waals surface area contributed by atoms with E-state index in [-0.39, 0.29) is 29.0 Å². The minimum Gasteiger partial charge on any atom is -0.465 e. The number of carboxylic acid groups (broad SMARTS) is 1. The Hall–Kier alpha value is -2.84. The van der Waals surface area contributed by atoms with Gasteiger partial charge in [-0.3, -0.25) is 14.9 Å². The fourth-order valence-electron chi connectivity index (χ4n) is 2.73. The van der Waals surface area contributed by atoms with Gasteiger partial charge in [0, 0.05) is 18.2 Å². The van der Waals surface area contributed by atoms with E-state index in [1.54, 1.807) is 0 Å². The lowest BCUT2D eigenvalue weighted by atomic mass is 9.91. The largest absolute Gasteiger partial charge is 0.465 e. The van der Waals surface area contributed by atoms with Crippen molar-refractivity contribution in [3.63, 3.8) is 0 Å². The van der Waals surface area contributed by atoms with Crippen LogP contribution in [-0.4, -0.2) is 34.1 Å². The summed E-state index contributed by atoms with van der Waals surface area (Å²) in [6, 6.07) is 3.89. The van der Waals surface area contributed by atoms with Gasteiger partial charge in [0.15, 0.2) is 0 Å². The second kappa shape index (κ2) is 6.95. The molecule has 1 aromatic rings. The van der Waals surface area contributed by atoms with Crippen LogP contribution in [0.5, 0.6) is 0 Å². The van der Waals surface area contributed by atoms with E-state index in [2.05, 4.69) is 10.6 Å². The molecule has 1 aliphatic carbocycles. The number of nitrogen functional groups attached to an aromatic ring is 1. The number of nitrogens with one attached hydrogen (secondary N) is 2. The van der Waals surface area contributed by atoms with E-state index in [1.807, 2.05) is 0 Å². The third-order valence-corrected chi connectivity index (χ3v) is 3.91. The molecule has 2 rings (SSSR count). The number of hydrogen-bond acceptors (Lipinski definition) is 5. The van der Waals surface area contributed by atoms with Crippen LogP contribution in [-0.2, 0) is 0 Å². The Labute approximate surface area is 132 Å². The van der Waals surface area contributed by atoms with Crippen molar-refractivity contribution in [3.05, 3.63) is 33.9 Å². The van der Waals surface area contributed by atoms with Gasteiger partial charge in [0.25, 0.3) is 11.6 Å². The van der Waals surface area contributed by atoms with Crippen molar-refractivity contribution in [1.82, 2.24) is 10.6 Å². The van der Waals surface area contributed by atoms with Gasteiger partial charge in [-0.1, -0.05) is 6.07 Å². The van der Waals surface area contributed by atoms with Crippen LogP contribution in [0.1, 0.15) is 36.0 Å². The summed E-state index contributed by atoms with van der Waals surface area (Å²) in [5.41, 5.74) is 5.31. The van der Waals surface area contributed by atoms with Crippen LogP contribution in [0.15, 0.2) is 18.2 Å². The zero-order chi connectivity index (χ0) is 17.0. The van der Waals surface area contributed by atoms with E-state index in [0.717, 1.165) is 0 Å². The van der Waals surface area contributed by atoms with Crippen molar-refractivity contribution >= 4 is 23.4 Å². The van der Waals surface area contributed by atoms with Crippen LogP contribution in [0.2, 0.25) is 0 Å². The molecule has 0 radical (unpaired) electrons. The molecule has 0 aliphatic heterocycles. The minimum absolute atomic E-state index is 0.0741. The summed E-state index contributed by atoms with van der Waals surface area (Å²) >= 11 is 0. The van der Waals surface area contributed by atoms with E-state index < -0.39 is 16.9 Å². The summed E-state index contributed by atoms with van der Waals surface area (Å²) in [6.45, 7) is 0. The van der Waals surface area contributed by atoms with Crippen molar-refractivity contribution in [3.8, 4) is 0 Å². The number of carbonyl (C=O) groups is 2. The molecule has 9 nitrogen and oxygen atoms in total. The van der Waals surface area contributed by atoms with E-state index in [4.69, 9.17) is 10.8 Å². The van der Waals surface area contributed by atoms with Crippen molar-refractivity contribution in [2.24, 2.45) is 0 Å². The smallest absolute Gasteiger partial charge is 0.404 e. The molecule has 1 saturated carbocycles. The highest BCUT2D eigenvalue weighted by Crippen LogP contribution is 2.25. The molecule has 0 saturated heterocycles. The number of nitrogens with zero attached hydrogens (tertiary/aromatic N) is 1. The number of amides is 2. The van der Waals surface area contributed by atoms with Crippen LogP contribution < -0.4 is 16.4 Å². The second-order valence-corrected chi connectivity index (χ2v) is 5.47. The predicted molar refractivity (Wildman–Crippen MR) is 82.2 cm³/mol. The summed E-state index contributed by atoms with van der Waals surface area (Å²) in [6.07, 6.45) is 1.46. The number of hydrogen-bond donors (Lipinski definition) is 4. The standard InChI is InChI=1S/C14H18N4O5/c15-12-10(2-1-3-11(12)18(22)23)13(19)16-8-4-6-9(7-5-8)17-14(20)21/h1-3,8-9,17H,4-7,15H2,(H,16,19)(H,20,21). The monoisotopic (exact) mass is 322 g/mol. The maximum atomic E-state index is 12.2. The number of para-hydroxylation sites is 1. The zero-order valence-electron chi connectivity index (χ0n) is 12.3. The van der Waals surface area contributed by atoms with Crippen LogP contribution in [0.4, 0.5) is 16.2 Å². The van der Waals surface area contributed by atoms with Gasteiger partial charge in [0.05, 0.1) is 10.5 Å². The Balaban J connectivity index is 1.97. The molecular formula is C14H18N4O5. The Morgan fingerprint density at radius 3 is 2.26 bits per heavy atom. The quantitative estimate of drug-likeness (QED) is 0.375. The summed E-state index contributed by atoms with van der Waals surface area (Å²) in [5.74, 6) is -0.458. The van der Waals surface area contributed by atoms with Gasteiger partial charge < -0.3 is 21.5 Å². The van der Waals surface area contributed by atoms with E-state index >= 15 is 0 Å². The summed E-state index contributed by atoms with van der Waals surface area (Å²) in [4.78, 5) is 33.1. The molecule has 1 aliphatic rings. The number of nitro benzene ring substituents is 1. The third-order valence-electron chi connectivity index (χ3n) is 3.91. The number of rotatable bonds is 4. The van der Waals surface area contributed by atoms with Crippen LogP contribution in [0.3, 0.4) is 0 Å². The number of carbonyl (C=O) groups excluding carboxylic acids is 1. The molecule has 0 aromatic heterocycles. The molecule has 0 bridgehead atoms.